The molecule has 7 nitrogen and oxygen atoms in total. The van der Waals surface area contributed by atoms with Crippen LogP contribution in [0, 0.1) is 0 Å². The molecule has 1 aromatic rings. The third-order valence-corrected chi connectivity index (χ3v) is 3.01. The number of amides is 2. The average molecular weight is 257 g/mol. The Morgan fingerprint density at radius 3 is 3.12 bits per heavy atom. The van der Waals surface area contributed by atoms with Crippen molar-refractivity contribution in [3.63, 3.8) is 0 Å². The Morgan fingerprint density at radius 1 is 1.65 bits per heavy atom. The van der Waals surface area contributed by atoms with Crippen LogP contribution in [0.1, 0.15) is 0 Å². The highest BCUT2D eigenvalue weighted by atomic mass is 32.1. The topological polar surface area (TPSA) is 91.8 Å². The van der Waals surface area contributed by atoms with Crippen molar-refractivity contribution in [1.82, 2.24) is 9.88 Å². The van der Waals surface area contributed by atoms with E-state index in [-0.39, 0.29) is 13.2 Å². The molecule has 2 amide bonds. The summed E-state index contributed by atoms with van der Waals surface area (Å²) in [6.07, 6.45) is 1.56. The van der Waals surface area contributed by atoms with Gasteiger partial charge in [0.25, 0.3) is 0 Å². The van der Waals surface area contributed by atoms with E-state index in [0.29, 0.717) is 11.7 Å². The van der Waals surface area contributed by atoms with Crippen LogP contribution in [0.25, 0.3) is 0 Å². The second-order valence-corrected chi connectivity index (χ2v) is 4.28. The van der Waals surface area contributed by atoms with Crippen molar-refractivity contribution < 1.29 is 19.4 Å². The number of ether oxygens (including phenoxy) is 1. The fourth-order valence-corrected chi connectivity index (χ4v) is 2.02. The lowest BCUT2D eigenvalue weighted by molar-refractivity contribution is -0.147. The quantitative estimate of drug-likeness (QED) is 0.803. The van der Waals surface area contributed by atoms with Crippen LogP contribution in [-0.4, -0.2) is 52.8 Å². The molecule has 0 aliphatic carbocycles. The van der Waals surface area contributed by atoms with Crippen molar-refractivity contribution in [3.05, 3.63) is 11.6 Å². The molecule has 1 atom stereocenters. The molecule has 1 fully saturated rings. The second kappa shape index (κ2) is 5.11. The zero-order chi connectivity index (χ0) is 12.3. The number of aromatic nitrogens is 1. The summed E-state index contributed by atoms with van der Waals surface area (Å²) in [7, 11) is 0. The largest absolute Gasteiger partial charge is 0.480 e. The van der Waals surface area contributed by atoms with Crippen molar-refractivity contribution in [3.8, 4) is 0 Å². The number of aliphatic carboxylic acids is 1. The molecule has 2 N–H and O–H groups in total. The monoisotopic (exact) mass is 257 g/mol. The standard InChI is InChI=1S/C9H11N3O4S/c13-7(14)6-5-16-3-2-12(6)9(15)11-8-10-1-4-17-8/h1,4,6H,2-3,5H2,(H,13,14)(H,10,11,15). The number of hydrogen-bond acceptors (Lipinski definition) is 5. The maximum atomic E-state index is 11.8. The Bertz CT molecular complexity index is 408. The molecule has 2 rings (SSSR count). The minimum atomic E-state index is -1.07. The van der Waals surface area contributed by atoms with Crippen molar-refractivity contribution in [2.75, 3.05) is 25.1 Å². The van der Waals surface area contributed by atoms with Gasteiger partial charge in [-0.05, 0) is 0 Å². The molecular weight excluding hydrogens is 246 g/mol. The number of nitrogens with zero attached hydrogens (tertiary/aromatic N) is 2. The van der Waals surface area contributed by atoms with Crippen LogP contribution in [0.5, 0.6) is 0 Å². The van der Waals surface area contributed by atoms with Crippen LogP contribution in [-0.2, 0) is 9.53 Å². The van der Waals surface area contributed by atoms with Crippen molar-refractivity contribution in [2.24, 2.45) is 0 Å². The molecule has 17 heavy (non-hydrogen) atoms. The van der Waals surface area contributed by atoms with E-state index < -0.39 is 18.0 Å². The van der Waals surface area contributed by atoms with Crippen LogP contribution in [0.3, 0.4) is 0 Å². The molecule has 0 spiro atoms. The molecule has 92 valence electrons. The van der Waals surface area contributed by atoms with Crippen molar-refractivity contribution in [1.29, 1.82) is 0 Å². The number of carbonyl (C=O) groups excluding carboxylic acids is 1. The molecule has 0 radical (unpaired) electrons. The van der Waals surface area contributed by atoms with Crippen molar-refractivity contribution >= 4 is 28.5 Å². The molecule has 0 bridgehead atoms. The molecular formula is C9H11N3O4S. The Balaban J connectivity index is 2.03. The van der Waals surface area contributed by atoms with E-state index in [2.05, 4.69) is 10.3 Å². The minimum Gasteiger partial charge on any atom is -0.480 e. The summed E-state index contributed by atoms with van der Waals surface area (Å²) in [5.74, 6) is -1.07. The highest BCUT2D eigenvalue weighted by molar-refractivity contribution is 7.13. The van der Waals surface area contributed by atoms with Gasteiger partial charge in [0.1, 0.15) is 0 Å². The lowest BCUT2D eigenvalue weighted by Gasteiger charge is -2.32. The number of anilines is 1. The van der Waals surface area contributed by atoms with Gasteiger partial charge in [-0.2, -0.15) is 0 Å². The third-order valence-electron chi connectivity index (χ3n) is 2.32. The van der Waals surface area contributed by atoms with Gasteiger partial charge in [0, 0.05) is 18.1 Å². The van der Waals surface area contributed by atoms with Gasteiger partial charge in [0.15, 0.2) is 11.2 Å². The number of urea groups is 1. The molecule has 8 heteroatoms. The van der Waals surface area contributed by atoms with Crippen LogP contribution in [0.2, 0.25) is 0 Å². The number of carboxylic acids is 1. The van der Waals surface area contributed by atoms with Crippen LogP contribution < -0.4 is 5.32 Å². The van der Waals surface area contributed by atoms with Crippen LogP contribution >= 0.6 is 11.3 Å². The van der Waals surface area contributed by atoms with Gasteiger partial charge in [0.2, 0.25) is 0 Å². The Labute approximate surface area is 101 Å². The van der Waals surface area contributed by atoms with Crippen molar-refractivity contribution in [2.45, 2.75) is 6.04 Å². The Hall–Kier alpha value is -1.67. The van der Waals surface area contributed by atoms with Crippen LogP contribution in [0.4, 0.5) is 9.93 Å². The maximum absolute atomic E-state index is 11.8. The SMILES string of the molecule is O=C(O)C1COCCN1C(=O)Nc1nccs1. The first-order valence-corrected chi connectivity index (χ1v) is 5.84. The lowest BCUT2D eigenvalue weighted by Crippen LogP contribution is -2.53. The molecule has 0 aromatic carbocycles. The number of hydrogen-bond donors (Lipinski definition) is 2. The predicted molar refractivity (Wildman–Crippen MR) is 60.1 cm³/mol. The fourth-order valence-electron chi connectivity index (χ4n) is 1.50. The molecule has 2 heterocycles. The summed E-state index contributed by atoms with van der Waals surface area (Å²) in [6.45, 7) is 0.615. The number of thiazole rings is 1. The number of morpholine rings is 1. The van der Waals surface area contributed by atoms with E-state index in [1.807, 2.05) is 0 Å². The first-order chi connectivity index (χ1) is 8.18. The second-order valence-electron chi connectivity index (χ2n) is 3.39. The van der Waals surface area contributed by atoms with Gasteiger partial charge in [-0.3, -0.25) is 5.32 Å². The normalized spacial score (nSPS) is 20.0. The summed E-state index contributed by atoms with van der Waals surface area (Å²) >= 11 is 1.28. The van der Waals surface area contributed by atoms with Gasteiger partial charge in [-0.15, -0.1) is 11.3 Å². The minimum absolute atomic E-state index is 0.0145. The van der Waals surface area contributed by atoms with E-state index in [4.69, 9.17) is 9.84 Å². The summed E-state index contributed by atoms with van der Waals surface area (Å²) < 4.78 is 5.04. The number of nitrogens with one attached hydrogen (secondary N) is 1. The van der Waals surface area contributed by atoms with E-state index in [1.54, 1.807) is 11.6 Å². The summed E-state index contributed by atoms with van der Waals surface area (Å²) in [5.41, 5.74) is 0. The molecule has 1 aromatic heterocycles. The highest BCUT2D eigenvalue weighted by Gasteiger charge is 2.32. The number of carbonyl (C=O) groups is 2. The first kappa shape index (κ1) is 11.8. The first-order valence-electron chi connectivity index (χ1n) is 4.96. The molecule has 1 saturated heterocycles. The van der Waals surface area contributed by atoms with E-state index in [1.165, 1.54) is 16.2 Å². The number of carboxylic acid groups (broad SMARTS) is 1. The van der Waals surface area contributed by atoms with E-state index >= 15 is 0 Å². The summed E-state index contributed by atoms with van der Waals surface area (Å²) in [5, 5.41) is 13.7. The van der Waals surface area contributed by atoms with E-state index in [9.17, 15) is 9.59 Å². The third kappa shape index (κ3) is 2.71. The Morgan fingerprint density at radius 2 is 2.47 bits per heavy atom. The Kier molecular flexibility index (Phi) is 3.55. The molecule has 1 unspecified atom stereocenters. The van der Waals surface area contributed by atoms with Gasteiger partial charge < -0.3 is 14.7 Å². The van der Waals surface area contributed by atoms with Crippen LogP contribution in [0.15, 0.2) is 11.6 Å². The summed E-state index contributed by atoms with van der Waals surface area (Å²) in [6, 6.07) is -1.40. The zero-order valence-electron chi connectivity index (χ0n) is 8.83. The molecule has 1 aliphatic rings. The van der Waals surface area contributed by atoms with Gasteiger partial charge in [-0.25, -0.2) is 14.6 Å². The average Bonchev–Trinajstić information content (AvgIpc) is 2.81. The van der Waals surface area contributed by atoms with Gasteiger partial charge in [0.05, 0.1) is 13.2 Å². The molecule has 1 aliphatic heterocycles. The predicted octanol–water partition coefficient (Wildman–Crippen LogP) is 0.460. The smallest absolute Gasteiger partial charge is 0.328 e. The van der Waals surface area contributed by atoms with E-state index in [0.717, 1.165) is 0 Å². The van der Waals surface area contributed by atoms with Gasteiger partial charge in [-0.1, -0.05) is 0 Å². The highest BCUT2D eigenvalue weighted by Crippen LogP contribution is 2.14. The zero-order valence-corrected chi connectivity index (χ0v) is 9.64. The lowest BCUT2D eigenvalue weighted by atomic mass is 10.2. The fraction of sp³-hybridized carbons (Fsp3) is 0.444. The van der Waals surface area contributed by atoms with Gasteiger partial charge >= 0.3 is 12.0 Å². The maximum Gasteiger partial charge on any atom is 0.328 e. The number of rotatable bonds is 2. The molecule has 0 saturated carbocycles. The summed E-state index contributed by atoms with van der Waals surface area (Å²) in [4.78, 5) is 27.9.